The van der Waals surface area contributed by atoms with E-state index in [0.29, 0.717) is 29.5 Å². The summed E-state index contributed by atoms with van der Waals surface area (Å²) in [5, 5.41) is 0.424. The van der Waals surface area contributed by atoms with Gasteiger partial charge in [-0.3, -0.25) is 4.79 Å². The number of carbonyl (C=O) groups is 1. The monoisotopic (exact) mass is 270 g/mol. The molecule has 2 rings (SSSR count). The number of ether oxygens (including phenoxy) is 3. The van der Waals surface area contributed by atoms with Crippen LogP contribution in [-0.4, -0.2) is 38.8 Å². The summed E-state index contributed by atoms with van der Waals surface area (Å²) in [5.41, 5.74) is 0.528. The molecule has 0 aromatic heterocycles. The zero-order valence-corrected chi connectivity index (χ0v) is 10.9. The third kappa shape index (κ3) is 3.22. The van der Waals surface area contributed by atoms with Crippen LogP contribution < -0.4 is 4.74 Å². The number of methoxy groups -OCH3 is 1. The van der Waals surface area contributed by atoms with Crippen LogP contribution in [0.2, 0.25) is 5.02 Å². The second kappa shape index (κ2) is 6.18. The van der Waals surface area contributed by atoms with Crippen LogP contribution in [0.3, 0.4) is 0 Å². The largest absolute Gasteiger partial charge is 0.495 e. The molecule has 1 aliphatic heterocycles. The fraction of sp³-hybridized carbons (Fsp3) is 0.462. The highest BCUT2D eigenvalue weighted by Gasteiger charge is 2.18. The summed E-state index contributed by atoms with van der Waals surface area (Å²) in [6, 6.07) is 4.95. The molecule has 1 aromatic rings. The van der Waals surface area contributed by atoms with Gasteiger partial charge < -0.3 is 14.2 Å². The lowest BCUT2D eigenvalue weighted by Crippen LogP contribution is -2.18. The Balaban J connectivity index is 1.93. The van der Waals surface area contributed by atoms with E-state index in [4.69, 9.17) is 25.8 Å². The summed E-state index contributed by atoms with van der Waals surface area (Å²) in [6.45, 7) is 1.32. The van der Waals surface area contributed by atoms with Crippen molar-refractivity contribution in [2.45, 2.75) is 12.5 Å². The van der Waals surface area contributed by atoms with Gasteiger partial charge in [0.1, 0.15) is 12.4 Å². The van der Waals surface area contributed by atoms with Crippen LogP contribution in [0.15, 0.2) is 18.2 Å². The van der Waals surface area contributed by atoms with E-state index < -0.39 is 0 Å². The maximum atomic E-state index is 11.9. The Kier molecular flexibility index (Phi) is 4.58. The van der Waals surface area contributed by atoms with E-state index in [2.05, 4.69) is 0 Å². The molecule has 18 heavy (non-hydrogen) atoms. The van der Waals surface area contributed by atoms with Crippen LogP contribution in [0.4, 0.5) is 0 Å². The SMILES string of the molecule is COc1ccc(C(=O)COC2CCOC2)cc1Cl. The maximum Gasteiger partial charge on any atom is 0.188 e. The van der Waals surface area contributed by atoms with Crippen LogP contribution in [0.25, 0.3) is 0 Å². The second-order valence-corrected chi connectivity index (χ2v) is 4.48. The Morgan fingerprint density at radius 1 is 1.56 bits per heavy atom. The molecule has 1 fully saturated rings. The number of halogens is 1. The summed E-state index contributed by atoms with van der Waals surface area (Å²) in [6.07, 6.45) is 0.874. The van der Waals surface area contributed by atoms with Gasteiger partial charge >= 0.3 is 0 Å². The van der Waals surface area contributed by atoms with Crippen molar-refractivity contribution in [2.24, 2.45) is 0 Å². The highest BCUT2D eigenvalue weighted by atomic mass is 35.5. The molecule has 4 nitrogen and oxygen atoms in total. The number of ketones is 1. The van der Waals surface area contributed by atoms with E-state index in [1.807, 2.05) is 0 Å². The molecular weight excluding hydrogens is 256 g/mol. The fourth-order valence-corrected chi connectivity index (χ4v) is 2.02. The third-order valence-electron chi connectivity index (χ3n) is 2.81. The summed E-state index contributed by atoms with van der Waals surface area (Å²) in [5.74, 6) is 0.463. The Morgan fingerprint density at radius 3 is 3.00 bits per heavy atom. The number of hydrogen-bond acceptors (Lipinski definition) is 4. The van der Waals surface area contributed by atoms with Crippen molar-refractivity contribution in [1.29, 1.82) is 0 Å². The maximum absolute atomic E-state index is 11.9. The molecule has 1 aliphatic rings. The lowest BCUT2D eigenvalue weighted by atomic mass is 10.1. The van der Waals surface area contributed by atoms with Gasteiger partial charge in [-0.05, 0) is 24.6 Å². The number of rotatable bonds is 5. The minimum atomic E-state index is -0.0912. The van der Waals surface area contributed by atoms with Gasteiger partial charge in [0.2, 0.25) is 0 Å². The van der Waals surface area contributed by atoms with Gasteiger partial charge in [0.05, 0.1) is 24.8 Å². The van der Waals surface area contributed by atoms with Gasteiger partial charge in [-0.1, -0.05) is 11.6 Å². The van der Waals surface area contributed by atoms with Crippen molar-refractivity contribution in [3.63, 3.8) is 0 Å². The first-order valence-corrected chi connectivity index (χ1v) is 6.14. The van der Waals surface area contributed by atoms with Gasteiger partial charge in [0.25, 0.3) is 0 Å². The minimum absolute atomic E-state index is 0.0303. The van der Waals surface area contributed by atoms with E-state index in [0.717, 1.165) is 6.42 Å². The number of carbonyl (C=O) groups excluding carboxylic acids is 1. The van der Waals surface area contributed by atoms with Gasteiger partial charge in [-0.2, -0.15) is 0 Å². The van der Waals surface area contributed by atoms with Crippen molar-refractivity contribution in [3.05, 3.63) is 28.8 Å². The molecule has 1 saturated heterocycles. The fourth-order valence-electron chi connectivity index (χ4n) is 1.76. The molecule has 0 saturated carbocycles. The second-order valence-electron chi connectivity index (χ2n) is 4.07. The predicted octanol–water partition coefficient (Wildman–Crippen LogP) is 2.34. The summed E-state index contributed by atoms with van der Waals surface area (Å²) < 4.78 is 15.7. The Morgan fingerprint density at radius 2 is 2.39 bits per heavy atom. The van der Waals surface area contributed by atoms with Crippen molar-refractivity contribution in [1.82, 2.24) is 0 Å². The van der Waals surface area contributed by atoms with E-state index in [1.54, 1.807) is 18.2 Å². The van der Waals surface area contributed by atoms with Crippen LogP contribution in [0.5, 0.6) is 5.75 Å². The smallest absolute Gasteiger partial charge is 0.188 e. The van der Waals surface area contributed by atoms with Crippen molar-refractivity contribution < 1.29 is 19.0 Å². The normalized spacial score (nSPS) is 18.9. The number of benzene rings is 1. The molecule has 1 unspecified atom stereocenters. The molecule has 1 aromatic carbocycles. The molecule has 5 heteroatoms. The highest BCUT2D eigenvalue weighted by molar-refractivity contribution is 6.32. The predicted molar refractivity (Wildman–Crippen MR) is 67.5 cm³/mol. The first-order chi connectivity index (χ1) is 8.70. The van der Waals surface area contributed by atoms with E-state index >= 15 is 0 Å². The van der Waals surface area contributed by atoms with Gasteiger partial charge in [-0.15, -0.1) is 0 Å². The van der Waals surface area contributed by atoms with Crippen LogP contribution in [0.1, 0.15) is 16.8 Å². The molecular formula is C13H15ClO4. The molecule has 98 valence electrons. The molecule has 0 aliphatic carbocycles. The zero-order chi connectivity index (χ0) is 13.0. The Labute approximate surface area is 111 Å². The van der Waals surface area contributed by atoms with E-state index in [1.165, 1.54) is 7.11 Å². The highest BCUT2D eigenvalue weighted by Crippen LogP contribution is 2.25. The third-order valence-corrected chi connectivity index (χ3v) is 3.11. The average molecular weight is 271 g/mol. The summed E-state index contributed by atoms with van der Waals surface area (Å²) in [4.78, 5) is 11.9. The van der Waals surface area contributed by atoms with Gasteiger partial charge in [-0.25, -0.2) is 0 Å². The standard InChI is InChI=1S/C13H15ClO4/c1-16-13-3-2-9(6-11(13)14)12(15)8-18-10-4-5-17-7-10/h2-3,6,10H,4-5,7-8H2,1H3. The molecule has 0 N–H and O–H groups in total. The number of hydrogen-bond donors (Lipinski definition) is 0. The van der Waals surface area contributed by atoms with Gasteiger partial charge in [0, 0.05) is 12.2 Å². The van der Waals surface area contributed by atoms with Crippen molar-refractivity contribution >= 4 is 17.4 Å². The first kappa shape index (κ1) is 13.3. The molecule has 0 radical (unpaired) electrons. The quantitative estimate of drug-likeness (QED) is 0.771. The van der Waals surface area contributed by atoms with Crippen LogP contribution in [0, 0.1) is 0 Å². The van der Waals surface area contributed by atoms with Crippen LogP contribution in [-0.2, 0) is 9.47 Å². The first-order valence-electron chi connectivity index (χ1n) is 5.77. The minimum Gasteiger partial charge on any atom is -0.495 e. The molecule has 0 spiro atoms. The van der Waals surface area contributed by atoms with Gasteiger partial charge in [0.15, 0.2) is 5.78 Å². The van der Waals surface area contributed by atoms with E-state index in [9.17, 15) is 4.79 Å². The molecule has 0 amide bonds. The Hall–Kier alpha value is -1.10. The van der Waals surface area contributed by atoms with Crippen LogP contribution >= 0.6 is 11.6 Å². The lowest BCUT2D eigenvalue weighted by Gasteiger charge is -2.09. The average Bonchev–Trinajstić information content (AvgIpc) is 2.89. The summed E-state index contributed by atoms with van der Waals surface area (Å²) in [7, 11) is 1.53. The van der Waals surface area contributed by atoms with Crippen molar-refractivity contribution in [2.75, 3.05) is 26.9 Å². The topological polar surface area (TPSA) is 44.8 Å². The van der Waals surface area contributed by atoms with Crippen molar-refractivity contribution in [3.8, 4) is 5.75 Å². The Bertz CT molecular complexity index is 427. The molecule has 1 heterocycles. The molecule has 1 atom stereocenters. The molecule has 0 bridgehead atoms. The number of Topliss-reactive ketones (excluding diaryl/α,β-unsaturated/α-hetero) is 1. The lowest BCUT2D eigenvalue weighted by molar-refractivity contribution is 0.0390. The zero-order valence-electron chi connectivity index (χ0n) is 10.1. The summed E-state index contributed by atoms with van der Waals surface area (Å²) >= 11 is 5.96. The van der Waals surface area contributed by atoms with E-state index in [-0.39, 0.29) is 18.5 Å².